The fourth-order valence-corrected chi connectivity index (χ4v) is 3.95. The van der Waals surface area contributed by atoms with E-state index in [9.17, 15) is 14.7 Å². The van der Waals surface area contributed by atoms with Gasteiger partial charge >= 0.3 is 5.97 Å². The number of aliphatic carboxylic acids is 1. The number of hydrogen-bond acceptors (Lipinski definition) is 7. The Labute approximate surface area is 142 Å². The van der Waals surface area contributed by atoms with Crippen LogP contribution in [-0.2, 0) is 19.1 Å². The summed E-state index contributed by atoms with van der Waals surface area (Å²) in [6.07, 6.45) is 1.93. The molecule has 0 aromatic heterocycles. The number of allylic oxidation sites excluding steroid dienone is 1. The highest BCUT2D eigenvalue weighted by molar-refractivity contribution is 7.99. The number of nitrogens with one attached hydrogen (secondary N) is 1. The zero-order chi connectivity index (χ0) is 17.8. The molecule has 1 aliphatic heterocycles. The number of carbonyl (C=O) groups excluding carboxylic acids is 2. The van der Waals surface area contributed by atoms with Crippen LogP contribution in [0.5, 0.6) is 0 Å². The molecule has 0 radical (unpaired) electrons. The summed E-state index contributed by atoms with van der Waals surface area (Å²) in [5, 5.41) is 15.0. The van der Waals surface area contributed by atoms with Crippen molar-refractivity contribution < 1.29 is 24.2 Å². The summed E-state index contributed by atoms with van der Waals surface area (Å²) in [5.74, 6) is -3.01. The van der Waals surface area contributed by atoms with Gasteiger partial charge in [0.2, 0.25) is 0 Å². The summed E-state index contributed by atoms with van der Waals surface area (Å²) >= 11 is 1.57. The van der Waals surface area contributed by atoms with Crippen LogP contribution in [0.2, 0.25) is 0 Å². The van der Waals surface area contributed by atoms with Crippen LogP contribution in [-0.4, -0.2) is 49.3 Å². The number of methoxy groups -OCH3 is 1. The third kappa shape index (κ3) is 4.01. The monoisotopic (exact) mass is 344 g/mol. The number of esters is 1. The predicted molar refractivity (Wildman–Crippen MR) is 87.7 cm³/mol. The van der Waals surface area contributed by atoms with Crippen molar-refractivity contribution in [1.82, 2.24) is 5.32 Å². The lowest BCUT2D eigenvalue weighted by Crippen LogP contribution is -2.64. The molecule has 1 rings (SSSR count). The summed E-state index contributed by atoms with van der Waals surface area (Å²) in [6, 6.07) is 0. The summed E-state index contributed by atoms with van der Waals surface area (Å²) < 4.78 is 10.0. The van der Waals surface area contributed by atoms with E-state index in [1.807, 2.05) is 20.1 Å². The molecule has 4 unspecified atom stereocenters. The molecule has 0 aromatic carbocycles. The molecule has 1 N–H and O–H groups in total. The maximum Gasteiger partial charge on any atom is 0.336 e. The van der Waals surface area contributed by atoms with Crippen molar-refractivity contribution >= 4 is 23.7 Å². The first-order valence-electron chi connectivity index (χ1n) is 7.59. The molecule has 0 saturated heterocycles. The van der Waals surface area contributed by atoms with Gasteiger partial charge in [0.15, 0.2) is 0 Å². The van der Waals surface area contributed by atoms with E-state index in [2.05, 4.69) is 5.32 Å². The summed E-state index contributed by atoms with van der Waals surface area (Å²) in [4.78, 5) is 24.1. The largest absolute Gasteiger partial charge is 0.550 e. The Morgan fingerprint density at radius 3 is 2.52 bits per heavy atom. The maximum absolute atomic E-state index is 12.3. The highest BCUT2D eigenvalue weighted by atomic mass is 32.2. The Morgan fingerprint density at radius 1 is 1.43 bits per heavy atom. The van der Waals surface area contributed by atoms with Gasteiger partial charge < -0.3 is 24.7 Å². The lowest BCUT2D eigenvalue weighted by atomic mass is 9.69. The van der Waals surface area contributed by atoms with E-state index in [1.54, 1.807) is 25.6 Å². The minimum atomic E-state index is -1.16. The summed E-state index contributed by atoms with van der Waals surface area (Å²) in [5.41, 5.74) is 0.305. The Balaban J connectivity index is 3.17. The molecule has 0 bridgehead atoms. The third-order valence-corrected chi connectivity index (χ3v) is 5.85. The number of carboxylic acid groups (broad SMARTS) is 1. The third-order valence-electron chi connectivity index (χ3n) is 4.65. The van der Waals surface area contributed by atoms with E-state index in [-0.39, 0.29) is 11.9 Å². The van der Waals surface area contributed by atoms with E-state index in [0.29, 0.717) is 17.9 Å². The predicted octanol–water partition coefficient (Wildman–Crippen LogP) is 0.566. The lowest BCUT2D eigenvalue weighted by Gasteiger charge is -2.50. The summed E-state index contributed by atoms with van der Waals surface area (Å²) in [7, 11) is 1.52. The van der Waals surface area contributed by atoms with Gasteiger partial charge in [0.25, 0.3) is 0 Å². The number of rotatable bonds is 7. The molecule has 4 atom stereocenters. The van der Waals surface area contributed by atoms with E-state index >= 15 is 0 Å². The average molecular weight is 344 g/mol. The van der Waals surface area contributed by atoms with Gasteiger partial charge in [-0.3, -0.25) is 0 Å². The van der Waals surface area contributed by atoms with Crippen LogP contribution in [0.4, 0.5) is 0 Å². The van der Waals surface area contributed by atoms with Crippen LogP contribution in [0, 0.1) is 11.8 Å². The van der Waals surface area contributed by atoms with Crippen LogP contribution in [0.1, 0.15) is 27.7 Å². The van der Waals surface area contributed by atoms with Crippen LogP contribution < -0.4 is 10.4 Å². The molecule has 0 aliphatic carbocycles. The van der Waals surface area contributed by atoms with Gasteiger partial charge in [0, 0.05) is 35.9 Å². The van der Waals surface area contributed by atoms with Crippen LogP contribution in [0.15, 0.2) is 11.3 Å². The Kier molecular flexibility index (Phi) is 6.95. The second kappa shape index (κ2) is 8.06. The van der Waals surface area contributed by atoms with Gasteiger partial charge in [0.1, 0.15) is 6.61 Å². The van der Waals surface area contributed by atoms with Gasteiger partial charge in [0.05, 0.1) is 17.7 Å². The van der Waals surface area contributed by atoms with E-state index < -0.39 is 29.3 Å². The van der Waals surface area contributed by atoms with Crippen molar-refractivity contribution in [3.63, 3.8) is 0 Å². The molecular weight excluding hydrogens is 318 g/mol. The number of thioether (sulfide) groups is 1. The van der Waals surface area contributed by atoms with Gasteiger partial charge in [-0.2, -0.15) is 11.8 Å². The van der Waals surface area contributed by atoms with E-state index in [4.69, 9.17) is 9.47 Å². The molecule has 0 saturated carbocycles. The quantitative estimate of drug-likeness (QED) is 0.533. The zero-order valence-electron chi connectivity index (χ0n) is 14.6. The Morgan fingerprint density at radius 2 is 2.04 bits per heavy atom. The average Bonchev–Trinajstić information content (AvgIpc) is 2.45. The number of carboxylic acids is 1. The van der Waals surface area contributed by atoms with Gasteiger partial charge in [-0.25, -0.2) is 4.79 Å². The molecule has 0 aromatic rings. The van der Waals surface area contributed by atoms with Crippen molar-refractivity contribution in [2.75, 3.05) is 26.6 Å². The fraction of sp³-hybridized carbons (Fsp3) is 0.750. The molecule has 0 fully saturated rings. The van der Waals surface area contributed by atoms with Crippen molar-refractivity contribution in [3.8, 4) is 0 Å². The van der Waals surface area contributed by atoms with E-state index in [1.165, 1.54) is 7.11 Å². The molecule has 0 spiro atoms. The first kappa shape index (κ1) is 19.8. The molecule has 23 heavy (non-hydrogen) atoms. The second-order valence-corrected chi connectivity index (χ2v) is 7.22. The van der Waals surface area contributed by atoms with Crippen LogP contribution in [0.3, 0.4) is 0 Å². The molecule has 6 nitrogen and oxygen atoms in total. The van der Waals surface area contributed by atoms with Crippen molar-refractivity contribution in [2.24, 2.45) is 11.8 Å². The Hall–Kier alpha value is -1.21. The zero-order valence-corrected chi connectivity index (χ0v) is 15.4. The highest BCUT2D eigenvalue weighted by Gasteiger charge is 2.48. The van der Waals surface area contributed by atoms with Crippen LogP contribution >= 0.6 is 11.8 Å². The maximum atomic E-state index is 12.3. The molecule has 132 valence electrons. The standard InChI is InChI=1S/C16H27NO5S/c1-9-12(15(20)22-8-7-21-5)10(2)17-16(4,11(3)23-6)13(9)14(18)19/h9,11,13,17H,7-8H2,1-6H3,(H,18,19)/p-1. The summed E-state index contributed by atoms with van der Waals surface area (Å²) in [6.45, 7) is 7.78. The highest BCUT2D eigenvalue weighted by Crippen LogP contribution is 2.41. The molecular formula is C16H26NO5S-. The van der Waals surface area contributed by atoms with Crippen LogP contribution in [0.25, 0.3) is 0 Å². The van der Waals surface area contributed by atoms with Gasteiger partial charge in [-0.05, 0) is 20.1 Å². The van der Waals surface area contributed by atoms with Gasteiger partial charge in [-0.1, -0.05) is 13.8 Å². The molecule has 7 heteroatoms. The number of hydrogen-bond donors (Lipinski definition) is 1. The minimum Gasteiger partial charge on any atom is -0.550 e. The van der Waals surface area contributed by atoms with Crippen molar-refractivity contribution in [1.29, 1.82) is 0 Å². The van der Waals surface area contributed by atoms with Crippen molar-refractivity contribution in [3.05, 3.63) is 11.3 Å². The molecule has 1 heterocycles. The van der Waals surface area contributed by atoms with Crippen molar-refractivity contribution in [2.45, 2.75) is 38.5 Å². The van der Waals surface area contributed by atoms with E-state index in [0.717, 1.165) is 0 Å². The Bertz CT molecular complexity index is 493. The second-order valence-electron chi connectivity index (χ2n) is 6.04. The SMILES string of the molecule is COCCOC(=O)C1=C(C)NC(C)(C(C)SC)C(C(=O)[O-])C1C. The first-order chi connectivity index (χ1) is 10.7. The molecule has 0 amide bonds. The number of ether oxygens (including phenoxy) is 2. The lowest BCUT2D eigenvalue weighted by molar-refractivity contribution is -0.315. The topological polar surface area (TPSA) is 87.7 Å². The normalized spacial score (nSPS) is 29.0. The number of carbonyl (C=O) groups is 2. The smallest absolute Gasteiger partial charge is 0.336 e. The fourth-order valence-electron chi connectivity index (χ4n) is 3.26. The molecule has 1 aliphatic rings. The minimum absolute atomic E-state index is 0.0221. The van der Waals surface area contributed by atoms with Gasteiger partial charge in [-0.15, -0.1) is 0 Å². The first-order valence-corrected chi connectivity index (χ1v) is 8.88.